The predicted molar refractivity (Wildman–Crippen MR) is 147 cm³/mol. The summed E-state index contributed by atoms with van der Waals surface area (Å²) in [5, 5.41) is 0. The van der Waals surface area contributed by atoms with Crippen molar-refractivity contribution in [2.75, 3.05) is 11.5 Å². The Balaban J connectivity index is 1.31. The number of hydrogen-bond acceptors (Lipinski definition) is 10. The summed E-state index contributed by atoms with van der Waals surface area (Å²) in [6.07, 6.45) is 7.61. The minimum Gasteiger partial charge on any atom is -0.264 e. The van der Waals surface area contributed by atoms with Gasteiger partial charge in [0, 0.05) is 47.8 Å². The number of hydrogen-bond donors (Lipinski definition) is 0. The minimum atomic E-state index is 0.955. The van der Waals surface area contributed by atoms with Crippen LogP contribution in [0.3, 0.4) is 0 Å². The molecule has 5 rings (SSSR count). The molecule has 3 aliphatic rings. The van der Waals surface area contributed by atoms with Gasteiger partial charge in [0.1, 0.15) is 0 Å². The molecule has 2 aromatic rings. The molecule has 0 aliphatic carbocycles. The SMILES string of the molecule is c1cncc(CSC2=C(SCc3cccnc3)SC(=C3SC4=C(SCCS4)S3)S2)c1. The average molecular weight is 541 g/mol. The van der Waals surface area contributed by atoms with Crippen molar-refractivity contribution in [1.82, 2.24) is 9.97 Å². The van der Waals surface area contributed by atoms with Gasteiger partial charge in [-0.3, -0.25) is 9.97 Å². The highest BCUT2D eigenvalue weighted by atomic mass is 32.3. The topological polar surface area (TPSA) is 25.8 Å². The van der Waals surface area contributed by atoms with Crippen molar-refractivity contribution < 1.29 is 0 Å². The quantitative estimate of drug-likeness (QED) is 0.355. The number of aromatic nitrogens is 2. The summed E-state index contributed by atoms with van der Waals surface area (Å²) in [5.41, 5.74) is 2.54. The molecule has 0 aromatic carbocycles. The van der Waals surface area contributed by atoms with Crippen LogP contribution in [0.5, 0.6) is 0 Å². The largest absolute Gasteiger partial charge is 0.264 e. The molecule has 0 saturated carbocycles. The zero-order chi connectivity index (χ0) is 20.2. The van der Waals surface area contributed by atoms with Gasteiger partial charge in [-0.2, -0.15) is 0 Å². The molecule has 0 bridgehead atoms. The molecule has 3 aliphatic heterocycles. The van der Waals surface area contributed by atoms with Crippen molar-refractivity contribution in [3.8, 4) is 0 Å². The van der Waals surface area contributed by atoms with Crippen LogP contribution in [-0.2, 0) is 11.5 Å². The van der Waals surface area contributed by atoms with Crippen molar-refractivity contribution in [3.63, 3.8) is 0 Å². The van der Waals surface area contributed by atoms with E-state index >= 15 is 0 Å². The van der Waals surface area contributed by atoms with Crippen LogP contribution in [0.15, 0.2) is 74.5 Å². The van der Waals surface area contributed by atoms with Crippen LogP contribution in [0, 0.1) is 0 Å². The van der Waals surface area contributed by atoms with Crippen molar-refractivity contribution in [3.05, 3.63) is 85.6 Å². The molecule has 0 unspecified atom stereocenters. The number of nitrogens with zero attached hydrogens (tertiary/aromatic N) is 2. The lowest BCUT2D eigenvalue weighted by molar-refractivity contribution is 1.25. The molecule has 0 amide bonds. The molecule has 0 fully saturated rings. The van der Waals surface area contributed by atoms with Crippen molar-refractivity contribution in [2.24, 2.45) is 0 Å². The zero-order valence-corrected chi connectivity index (χ0v) is 22.1. The molecular formula is C20H16N2S8. The second kappa shape index (κ2) is 11.0. The van der Waals surface area contributed by atoms with Crippen LogP contribution in [0.2, 0.25) is 0 Å². The van der Waals surface area contributed by atoms with Gasteiger partial charge in [-0.05, 0) is 23.3 Å². The zero-order valence-electron chi connectivity index (χ0n) is 15.6. The molecular weight excluding hydrogens is 525 g/mol. The van der Waals surface area contributed by atoms with E-state index in [0.717, 1.165) is 11.5 Å². The van der Waals surface area contributed by atoms with E-state index in [1.54, 1.807) is 0 Å². The first kappa shape index (κ1) is 22.1. The van der Waals surface area contributed by atoms with Gasteiger partial charge in [-0.15, -0.1) is 47.0 Å². The lowest BCUT2D eigenvalue weighted by Gasteiger charge is -2.08. The molecule has 0 radical (unpaired) electrons. The van der Waals surface area contributed by atoms with Gasteiger partial charge < -0.3 is 0 Å². The Kier molecular flexibility index (Phi) is 8.08. The highest BCUT2D eigenvalue weighted by Gasteiger charge is 2.32. The molecule has 0 spiro atoms. The van der Waals surface area contributed by atoms with Gasteiger partial charge >= 0.3 is 0 Å². The first-order valence-corrected chi connectivity index (χ1v) is 16.3. The fraction of sp³-hybridized carbons (Fsp3) is 0.200. The molecule has 2 nitrogen and oxygen atoms in total. The lowest BCUT2D eigenvalue weighted by Crippen LogP contribution is -1.88. The van der Waals surface area contributed by atoms with E-state index in [-0.39, 0.29) is 0 Å². The van der Waals surface area contributed by atoms with E-state index in [1.807, 2.05) is 131 Å². The van der Waals surface area contributed by atoms with Gasteiger partial charge in [0.2, 0.25) is 0 Å². The first-order valence-electron chi connectivity index (χ1n) is 9.08. The van der Waals surface area contributed by atoms with E-state index in [9.17, 15) is 0 Å². The highest BCUT2D eigenvalue weighted by Crippen LogP contribution is 2.67. The molecule has 10 heteroatoms. The molecule has 154 valence electrons. The fourth-order valence-corrected chi connectivity index (χ4v) is 14.6. The highest BCUT2D eigenvalue weighted by molar-refractivity contribution is 8.45. The monoisotopic (exact) mass is 540 g/mol. The van der Waals surface area contributed by atoms with Crippen LogP contribution in [0.4, 0.5) is 0 Å². The number of thioether (sulfide) groups is 8. The summed E-state index contributed by atoms with van der Waals surface area (Å²) >= 11 is 15.8. The van der Waals surface area contributed by atoms with Gasteiger partial charge in [0.25, 0.3) is 0 Å². The molecule has 0 N–H and O–H groups in total. The molecule has 0 saturated heterocycles. The second-order valence-electron chi connectivity index (χ2n) is 6.13. The third-order valence-electron chi connectivity index (χ3n) is 3.98. The summed E-state index contributed by atoms with van der Waals surface area (Å²) in [7, 11) is 0. The smallest absolute Gasteiger partial charge is 0.0717 e. The summed E-state index contributed by atoms with van der Waals surface area (Å²) in [4.78, 5) is 8.53. The standard InChI is InChI=1S/C20H16N2S8/c1-3-13(9-21-5-1)11-25-17-18(26-12-14-4-2-6-22-10-14)30-20(29-17)19-27-15-16(28-19)24-8-7-23-15/h1-6,9-10H,7-8,11-12H2. The molecule has 0 atom stereocenters. The Bertz CT molecular complexity index is 926. The Labute approximate surface area is 210 Å². The van der Waals surface area contributed by atoms with E-state index in [1.165, 1.54) is 48.1 Å². The molecule has 5 heterocycles. The van der Waals surface area contributed by atoms with Crippen molar-refractivity contribution in [1.29, 1.82) is 0 Å². The maximum absolute atomic E-state index is 4.26. The second-order valence-corrected chi connectivity index (χ2v) is 15.9. The summed E-state index contributed by atoms with van der Waals surface area (Å²) in [6.45, 7) is 0. The molecule has 2 aromatic heterocycles. The Morgan fingerprint density at radius 2 is 1.17 bits per heavy atom. The normalized spacial score (nSPS) is 19.1. The maximum Gasteiger partial charge on any atom is 0.0717 e. The minimum absolute atomic E-state index is 0.955. The average Bonchev–Trinajstić information content (AvgIpc) is 3.42. The summed E-state index contributed by atoms with van der Waals surface area (Å²) in [5.74, 6) is 4.38. The van der Waals surface area contributed by atoms with Crippen LogP contribution < -0.4 is 0 Å². The molecule has 30 heavy (non-hydrogen) atoms. The summed E-state index contributed by atoms with van der Waals surface area (Å²) in [6, 6.07) is 8.35. The van der Waals surface area contributed by atoms with Gasteiger partial charge in [0.05, 0.1) is 25.4 Å². The Morgan fingerprint density at radius 1 is 0.667 bits per heavy atom. The third-order valence-corrected chi connectivity index (χ3v) is 16.0. The maximum atomic E-state index is 4.26. The van der Waals surface area contributed by atoms with Gasteiger partial charge in [0.15, 0.2) is 0 Å². The fourth-order valence-electron chi connectivity index (χ4n) is 2.60. The van der Waals surface area contributed by atoms with Crippen LogP contribution in [-0.4, -0.2) is 21.5 Å². The van der Waals surface area contributed by atoms with Crippen LogP contribution in [0.1, 0.15) is 11.1 Å². The Hall–Kier alpha value is 0.320. The van der Waals surface area contributed by atoms with Gasteiger partial charge in [-0.25, -0.2) is 0 Å². The first-order chi connectivity index (χ1) is 14.8. The van der Waals surface area contributed by atoms with Crippen molar-refractivity contribution in [2.45, 2.75) is 11.5 Å². The Morgan fingerprint density at radius 3 is 1.63 bits per heavy atom. The van der Waals surface area contributed by atoms with Crippen LogP contribution >= 0.6 is 94.1 Å². The van der Waals surface area contributed by atoms with E-state index in [2.05, 4.69) is 22.1 Å². The predicted octanol–water partition coefficient (Wildman–Crippen LogP) is 8.46. The van der Waals surface area contributed by atoms with Crippen LogP contribution in [0.25, 0.3) is 0 Å². The van der Waals surface area contributed by atoms with E-state index in [0.29, 0.717) is 0 Å². The van der Waals surface area contributed by atoms with Gasteiger partial charge in [-0.1, -0.05) is 59.2 Å². The summed E-state index contributed by atoms with van der Waals surface area (Å²) < 4.78 is 8.79. The van der Waals surface area contributed by atoms with E-state index in [4.69, 9.17) is 0 Å². The third kappa shape index (κ3) is 5.62. The number of pyridine rings is 2. The lowest BCUT2D eigenvalue weighted by atomic mass is 10.3. The number of rotatable bonds is 6. The van der Waals surface area contributed by atoms with Crippen molar-refractivity contribution >= 4 is 94.1 Å². The van der Waals surface area contributed by atoms with E-state index < -0.39 is 0 Å².